The van der Waals surface area contributed by atoms with Gasteiger partial charge in [0.15, 0.2) is 0 Å². The van der Waals surface area contributed by atoms with Crippen molar-refractivity contribution in [3.05, 3.63) is 46.2 Å². The lowest BCUT2D eigenvalue weighted by Crippen LogP contribution is -2.02. The van der Waals surface area contributed by atoms with Crippen molar-refractivity contribution < 1.29 is 4.74 Å². The molecule has 5 heteroatoms. The number of hydrogen-bond acceptors (Lipinski definition) is 4. The highest BCUT2D eigenvalue weighted by Crippen LogP contribution is 2.32. The van der Waals surface area contributed by atoms with Crippen LogP contribution in [0.3, 0.4) is 0 Å². The van der Waals surface area contributed by atoms with E-state index in [0.717, 1.165) is 21.8 Å². The fourth-order valence-corrected chi connectivity index (χ4v) is 2.29. The molecule has 2 N–H and O–H groups in total. The Labute approximate surface area is 124 Å². The van der Waals surface area contributed by atoms with Crippen LogP contribution in [0.15, 0.2) is 24.4 Å². The number of hydrogen-bond donors (Lipinski definition) is 1. The second kappa shape index (κ2) is 6.20. The zero-order chi connectivity index (χ0) is 14.7. The molecule has 0 amide bonds. The van der Waals surface area contributed by atoms with E-state index in [-0.39, 0.29) is 0 Å². The fraction of sp³-hybridized carbons (Fsp3) is 0.333. The first-order valence-corrected chi connectivity index (χ1v) is 6.89. The molecule has 20 heavy (non-hydrogen) atoms. The molecular formula is C15H18ClN3O. The standard InChI is InChI=1S/C15H18ClN3O/c1-9(2)12-7-14(10(3)6-13(12)16)20-15-18-5-4-11(8-17)19-15/h4-7,9H,8,17H2,1-3H3. The van der Waals surface area contributed by atoms with E-state index in [1.807, 2.05) is 19.1 Å². The predicted octanol–water partition coefficient (Wildman–Crippen LogP) is 3.81. The van der Waals surface area contributed by atoms with E-state index in [1.165, 1.54) is 0 Å². The van der Waals surface area contributed by atoms with Crippen LogP contribution in [0.1, 0.15) is 36.6 Å². The maximum Gasteiger partial charge on any atom is 0.322 e. The quantitative estimate of drug-likeness (QED) is 0.930. The number of nitrogens with two attached hydrogens (primary N) is 1. The Kier molecular flexibility index (Phi) is 4.57. The van der Waals surface area contributed by atoms with Crippen LogP contribution in [0, 0.1) is 6.92 Å². The molecule has 0 fully saturated rings. The van der Waals surface area contributed by atoms with E-state index in [9.17, 15) is 0 Å². The number of rotatable bonds is 4. The third-order valence-electron chi connectivity index (χ3n) is 3.02. The SMILES string of the molecule is Cc1cc(Cl)c(C(C)C)cc1Oc1nccc(CN)n1. The first-order chi connectivity index (χ1) is 9.51. The molecule has 0 radical (unpaired) electrons. The molecule has 0 saturated carbocycles. The van der Waals surface area contributed by atoms with Crippen molar-refractivity contribution in [1.82, 2.24) is 9.97 Å². The minimum Gasteiger partial charge on any atom is -0.424 e. The van der Waals surface area contributed by atoms with Crippen molar-refractivity contribution in [3.63, 3.8) is 0 Å². The molecule has 106 valence electrons. The van der Waals surface area contributed by atoms with E-state index in [1.54, 1.807) is 12.3 Å². The number of halogens is 1. The summed E-state index contributed by atoms with van der Waals surface area (Å²) in [5.74, 6) is 1.04. The van der Waals surface area contributed by atoms with Crippen LogP contribution in [0.4, 0.5) is 0 Å². The first-order valence-electron chi connectivity index (χ1n) is 6.51. The maximum absolute atomic E-state index is 6.24. The zero-order valence-electron chi connectivity index (χ0n) is 11.9. The van der Waals surface area contributed by atoms with E-state index < -0.39 is 0 Å². The van der Waals surface area contributed by atoms with Gasteiger partial charge in [-0.25, -0.2) is 4.98 Å². The Hall–Kier alpha value is -1.65. The summed E-state index contributed by atoms with van der Waals surface area (Å²) in [6.07, 6.45) is 1.64. The van der Waals surface area contributed by atoms with Gasteiger partial charge in [-0.2, -0.15) is 4.98 Å². The molecule has 1 aromatic carbocycles. The van der Waals surface area contributed by atoms with Gasteiger partial charge in [-0.1, -0.05) is 25.4 Å². The van der Waals surface area contributed by atoms with Crippen molar-refractivity contribution in [2.45, 2.75) is 33.2 Å². The minimum absolute atomic E-state index is 0.299. The molecule has 2 aromatic rings. The van der Waals surface area contributed by atoms with Gasteiger partial charge in [-0.05, 0) is 42.2 Å². The van der Waals surface area contributed by atoms with Crippen LogP contribution < -0.4 is 10.5 Å². The fourth-order valence-electron chi connectivity index (χ4n) is 1.86. The van der Waals surface area contributed by atoms with E-state index >= 15 is 0 Å². The summed E-state index contributed by atoms with van der Waals surface area (Å²) >= 11 is 6.24. The molecule has 0 unspecified atom stereocenters. The van der Waals surface area contributed by atoms with Gasteiger partial charge in [0, 0.05) is 17.8 Å². The van der Waals surface area contributed by atoms with Crippen LogP contribution in [0.25, 0.3) is 0 Å². The van der Waals surface area contributed by atoms with Gasteiger partial charge in [0.05, 0.1) is 5.69 Å². The number of benzene rings is 1. The summed E-state index contributed by atoms with van der Waals surface area (Å²) in [4.78, 5) is 8.33. The number of aryl methyl sites for hydroxylation is 1. The lowest BCUT2D eigenvalue weighted by molar-refractivity contribution is 0.435. The molecule has 0 aliphatic rings. The van der Waals surface area contributed by atoms with Gasteiger partial charge >= 0.3 is 6.01 Å². The van der Waals surface area contributed by atoms with Crippen LogP contribution in [-0.2, 0) is 6.54 Å². The molecule has 0 aliphatic carbocycles. The normalized spacial score (nSPS) is 10.9. The number of nitrogens with zero attached hydrogens (tertiary/aromatic N) is 2. The molecule has 0 bridgehead atoms. The average molecular weight is 292 g/mol. The van der Waals surface area contributed by atoms with Crippen LogP contribution in [0.5, 0.6) is 11.8 Å². The Morgan fingerprint density at radius 2 is 2.10 bits per heavy atom. The Bertz CT molecular complexity index is 614. The van der Waals surface area contributed by atoms with E-state index in [4.69, 9.17) is 22.1 Å². The molecular weight excluding hydrogens is 274 g/mol. The smallest absolute Gasteiger partial charge is 0.322 e. The lowest BCUT2D eigenvalue weighted by Gasteiger charge is -2.13. The highest BCUT2D eigenvalue weighted by Gasteiger charge is 2.11. The van der Waals surface area contributed by atoms with Gasteiger partial charge in [0.2, 0.25) is 0 Å². The van der Waals surface area contributed by atoms with Crippen LogP contribution in [-0.4, -0.2) is 9.97 Å². The average Bonchev–Trinajstić information content (AvgIpc) is 2.41. The highest BCUT2D eigenvalue weighted by atomic mass is 35.5. The van der Waals surface area contributed by atoms with Crippen LogP contribution in [0.2, 0.25) is 5.02 Å². The van der Waals surface area contributed by atoms with Gasteiger partial charge in [-0.15, -0.1) is 0 Å². The lowest BCUT2D eigenvalue weighted by atomic mass is 10.0. The maximum atomic E-state index is 6.24. The third-order valence-corrected chi connectivity index (χ3v) is 3.35. The monoisotopic (exact) mass is 291 g/mol. The molecule has 4 nitrogen and oxygen atoms in total. The van der Waals surface area contributed by atoms with Gasteiger partial charge in [0.1, 0.15) is 5.75 Å². The second-order valence-corrected chi connectivity index (χ2v) is 5.34. The van der Waals surface area contributed by atoms with Crippen molar-refractivity contribution in [1.29, 1.82) is 0 Å². The Balaban J connectivity index is 2.35. The third kappa shape index (κ3) is 3.26. The predicted molar refractivity (Wildman–Crippen MR) is 80.3 cm³/mol. The topological polar surface area (TPSA) is 61.0 Å². The van der Waals surface area contributed by atoms with Gasteiger partial charge in [-0.3, -0.25) is 0 Å². The van der Waals surface area contributed by atoms with E-state index in [0.29, 0.717) is 24.2 Å². The summed E-state index contributed by atoms with van der Waals surface area (Å²) in [5, 5.41) is 0.751. The van der Waals surface area contributed by atoms with Crippen molar-refractivity contribution in [2.75, 3.05) is 0 Å². The minimum atomic E-state index is 0.299. The summed E-state index contributed by atoms with van der Waals surface area (Å²) in [6, 6.07) is 5.91. The molecule has 0 spiro atoms. The molecule has 1 aromatic heterocycles. The number of aromatic nitrogens is 2. The molecule has 0 atom stereocenters. The van der Waals surface area contributed by atoms with E-state index in [2.05, 4.69) is 23.8 Å². The van der Waals surface area contributed by atoms with Gasteiger partial charge in [0.25, 0.3) is 0 Å². The summed E-state index contributed by atoms with van der Waals surface area (Å²) < 4.78 is 5.76. The first kappa shape index (κ1) is 14.8. The van der Waals surface area contributed by atoms with Crippen LogP contribution >= 0.6 is 11.6 Å². The summed E-state index contributed by atoms with van der Waals surface area (Å²) in [5.41, 5.74) is 8.29. The molecule has 2 rings (SSSR count). The number of ether oxygens (including phenoxy) is 1. The Morgan fingerprint density at radius 1 is 1.35 bits per heavy atom. The molecule has 1 heterocycles. The largest absolute Gasteiger partial charge is 0.424 e. The zero-order valence-corrected chi connectivity index (χ0v) is 12.6. The molecule has 0 aliphatic heterocycles. The second-order valence-electron chi connectivity index (χ2n) is 4.93. The van der Waals surface area contributed by atoms with Crippen molar-refractivity contribution >= 4 is 11.6 Å². The molecule has 0 saturated heterocycles. The van der Waals surface area contributed by atoms with Gasteiger partial charge < -0.3 is 10.5 Å². The van der Waals surface area contributed by atoms with Crippen molar-refractivity contribution in [2.24, 2.45) is 5.73 Å². The summed E-state index contributed by atoms with van der Waals surface area (Å²) in [7, 11) is 0. The summed E-state index contributed by atoms with van der Waals surface area (Å²) in [6.45, 7) is 6.48. The Morgan fingerprint density at radius 3 is 2.75 bits per heavy atom. The van der Waals surface area contributed by atoms with Crippen molar-refractivity contribution in [3.8, 4) is 11.8 Å². The highest BCUT2D eigenvalue weighted by molar-refractivity contribution is 6.31.